The zero-order chi connectivity index (χ0) is 13.0. The third kappa shape index (κ3) is 3.23. The van der Waals surface area contributed by atoms with Crippen molar-refractivity contribution in [2.45, 2.75) is 19.8 Å². The summed E-state index contributed by atoms with van der Waals surface area (Å²) in [6.45, 7) is 4.52. The van der Waals surface area contributed by atoms with Crippen molar-refractivity contribution in [1.29, 1.82) is 0 Å². The van der Waals surface area contributed by atoms with Crippen molar-refractivity contribution in [3.63, 3.8) is 0 Å². The fourth-order valence-electron chi connectivity index (χ4n) is 2.25. The third-order valence-corrected chi connectivity index (χ3v) is 3.19. The highest BCUT2D eigenvalue weighted by Crippen LogP contribution is 2.25. The monoisotopic (exact) mass is 248 g/mol. The lowest BCUT2D eigenvalue weighted by Gasteiger charge is -2.15. The number of anilines is 1. The summed E-state index contributed by atoms with van der Waals surface area (Å²) in [6.07, 6.45) is 2.39. The van der Waals surface area contributed by atoms with Crippen molar-refractivity contribution in [2.24, 2.45) is 0 Å². The second kappa shape index (κ2) is 5.87. The van der Waals surface area contributed by atoms with Crippen molar-refractivity contribution < 1.29 is 9.53 Å². The average Bonchev–Trinajstić information content (AvgIpc) is 2.82. The van der Waals surface area contributed by atoms with Gasteiger partial charge in [-0.15, -0.1) is 0 Å². The van der Waals surface area contributed by atoms with E-state index in [1.54, 1.807) is 7.11 Å². The van der Waals surface area contributed by atoms with Gasteiger partial charge in [0.2, 0.25) is 5.91 Å². The highest BCUT2D eigenvalue weighted by molar-refractivity contribution is 5.93. The summed E-state index contributed by atoms with van der Waals surface area (Å²) < 4.78 is 5.24. The lowest BCUT2D eigenvalue weighted by molar-refractivity contribution is -0.117. The van der Waals surface area contributed by atoms with Gasteiger partial charge in [-0.25, -0.2) is 0 Å². The fourth-order valence-corrected chi connectivity index (χ4v) is 2.25. The summed E-state index contributed by atoms with van der Waals surface area (Å²) in [7, 11) is 1.61. The molecule has 0 bridgehead atoms. The number of methoxy groups -OCH3 is 1. The van der Waals surface area contributed by atoms with E-state index in [1.807, 2.05) is 25.1 Å². The van der Waals surface area contributed by atoms with Crippen LogP contribution in [-0.2, 0) is 4.79 Å². The minimum atomic E-state index is 0.0285. The summed E-state index contributed by atoms with van der Waals surface area (Å²) in [5.41, 5.74) is 1.86. The van der Waals surface area contributed by atoms with Crippen molar-refractivity contribution in [3.05, 3.63) is 23.8 Å². The molecule has 1 aliphatic rings. The van der Waals surface area contributed by atoms with Crippen LogP contribution in [-0.4, -0.2) is 37.6 Å². The first kappa shape index (κ1) is 12.9. The quantitative estimate of drug-likeness (QED) is 0.886. The van der Waals surface area contributed by atoms with Crippen LogP contribution in [0.3, 0.4) is 0 Å². The van der Waals surface area contributed by atoms with E-state index < -0.39 is 0 Å². The molecule has 4 heteroatoms. The minimum absolute atomic E-state index is 0.0285. The van der Waals surface area contributed by atoms with Crippen LogP contribution >= 0.6 is 0 Å². The first-order chi connectivity index (χ1) is 8.69. The molecule has 1 aliphatic heterocycles. The first-order valence-electron chi connectivity index (χ1n) is 6.36. The highest BCUT2D eigenvalue weighted by Gasteiger charge is 2.16. The zero-order valence-corrected chi connectivity index (χ0v) is 11.0. The summed E-state index contributed by atoms with van der Waals surface area (Å²) in [5.74, 6) is 0.733. The Hall–Kier alpha value is -1.55. The molecule has 98 valence electrons. The van der Waals surface area contributed by atoms with Crippen LogP contribution in [0.15, 0.2) is 18.2 Å². The van der Waals surface area contributed by atoms with Crippen LogP contribution in [0.4, 0.5) is 5.69 Å². The van der Waals surface area contributed by atoms with Crippen LogP contribution < -0.4 is 10.1 Å². The number of likely N-dealkylation sites (tertiary alicyclic amines) is 1. The Kier molecular flexibility index (Phi) is 4.20. The largest absolute Gasteiger partial charge is 0.495 e. The average molecular weight is 248 g/mol. The van der Waals surface area contributed by atoms with E-state index in [2.05, 4.69) is 10.2 Å². The fraction of sp³-hybridized carbons (Fsp3) is 0.500. The molecular formula is C14H20N2O2. The van der Waals surface area contributed by atoms with Gasteiger partial charge in [0.25, 0.3) is 0 Å². The highest BCUT2D eigenvalue weighted by atomic mass is 16.5. The maximum atomic E-state index is 11.9. The predicted molar refractivity (Wildman–Crippen MR) is 72.0 cm³/mol. The Morgan fingerprint density at radius 3 is 2.78 bits per heavy atom. The molecule has 1 aromatic carbocycles. The second-order valence-electron chi connectivity index (χ2n) is 4.74. The normalized spacial score (nSPS) is 15.7. The van der Waals surface area contributed by atoms with E-state index in [9.17, 15) is 4.79 Å². The maximum Gasteiger partial charge on any atom is 0.238 e. The minimum Gasteiger partial charge on any atom is -0.495 e. The lowest BCUT2D eigenvalue weighted by atomic mass is 10.2. The summed E-state index contributed by atoms with van der Waals surface area (Å²) >= 11 is 0. The number of aryl methyl sites for hydroxylation is 1. The molecule has 0 saturated carbocycles. The van der Waals surface area contributed by atoms with Gasteiger partial charge in [-0.05, 0) is 50.6 Å². The number of nitrogens with one attached hydrogen (secondary N) is 1. The number of carbonyl (C=O) groups is 1. The van der Waals surface area contributed by atoms with Crippen molar-refractivity contribution in [1.82, 2.24) is 4.90 Å². The molecule has 1 heterocycles. The number of hydrogen-bond acceptors (Lipinski definition) is 3. The first-order valence-corrected chi connectivity index (χ1v) is 6.36. The molecule has 1 fully saturated rings. The molecule has 0 spiro atoms. The Morgan fingerprint density at radius 2 is 2.11 bits per heavy atom. The SMILES string of the molecule is COc1ccc(C)cc1NC(=O)CN1CCCC1. The molecule has 1 aromatic rings. The number of hydrogen-bond donors (Lipinski definition) is 1. The zero-order valence-electron chi connectivity index (χ0n) is 11.0. The van der Waals surface area contributed by atoms with Gasteiger partial charge in [0.15, 0.2) is 0 Å². The van der Waals surface area contributed by atoms with E-state index >= 15 is 0 Å². The molecular weight excluding hydrogens is 228 g/mol. The molecule has 1 saturated heterocycles. The number of amides is 1. The van der Waals surface area contributed by atoms with Crippen LogP contribution in [0.1, 0.15) is 18.4 Å². The van der Waals surface area contributed by atoms with Gasteiger partial charge in [-0.3, -0.25) is 9.69 Å². The summed E-state index contributed by atoms with van der Waals surface area (Å²) in [4.78, 5) is 14.1. The molecule has 0 atom stereocenters. The van der Waals surface area contributed by atoms with Gasteiger partial charge in [0.1, 0.15) is 5.75 Å². The smallest absolute Gasteiger partial charge is 0.238 e. The van der Waals surface area contributed by atoms with Crippen LogP contribution in [0.25, 0.3) is 0 Å². The summed E-state index contributed by atoms with van der Waals surface area (Å²) in [6, 6.07) is 5.77. The Balaban J connectivity index is 1.99. The number of ether oxygens (including phenoxy) is 1. The standard InChI is InChI=1S/C14H20N2O2/c1-11-5-6-13(18-2)12(9-11)15-14(17)10-16-7-3-4-8-16/h5-6,9H,3-4,7-8,10H2,1-2H3,(H,15,17). The van der Waals surface area contributed by atoms with E-state index in [-0.39, 0.29) is 5.91 Å². The van der Waals surface area contributed by atoms with Gasteiger partial charge < -0.3 is 10.1 Å². The number of carbonyl (C=O) groups excluding carboxylic acids is 1. The van der Waals surface area contributed by atoms with E-state index in [0.717, 1.165) is 24.3 Å². The van der Waals surface area contributed by atoms with E-state index in [4.69, 9.17) is 4.74 Å². The molecule has 18 heavy (non-hydrogen) atoms. The second-order valence-corrected chi connectivity index (χ2v) is 4.74. The summed E-state index contributed by atoms with van der Waals surface area (Å²) in [5, 5.41) is 2.92. The van der Waals surface area contributed by atoms with Gasteiger partial charge in [-0.2, -0.15) is 0 Å². The molecule has 4 nitrogen and oxygen atoms in total. The molecule has 0 radical (unpaired) electrons. The van der Waals surface area contributed by atoms with Gasteiger partial charge in [0, 0.05) is 0 Å². The maximum absolute atomic E-state index is 11.9. The van der Waals surface area contributed by atoms with E-state index in [1.165, 1.54) is 12.8 Å². The lowest BCUT2D eigenvalue weighted by Crippen LogP contribution is -2.31. The van der Waals surface area contributed by atoms with Crippen LogP contribution in [0, 0.1) is 6.92 Å². The topological polar surface area (TPSA) is 41.6 Å². The Morgan fingerprint density at radius 1 is 1.39 bits per heavy atom. The van der Waals surface area contributed by atoms with Crippen LogP contribution in [0.2, 0.25) is 0 Å². The molecule has 0 aromatic heterocycles. The van der Waals surface area contributed by atoms with E-state index in [0.29, 0.717) is 12.3 Å². The Bertz CT molecular complexity index is 426. The predicted octanol–water partition coefficient (Wildman–Crippen LogP) is 2.04. The molecule has 0 unspecified atom stereocenters. The number of nitrogens with zero attached hydrogens (tertiary/aromatic N) is 1. The molecule has 1 amide bonds. The third-order valence-electron chi connectivity index (χ3n) is 3.19. The van der Waals surface area contributed by atoms with Crippen molar-refractivity contribution in [2.75, 3.05) is 32.1 Å². The van der Waals surface area contributed by atoms with Gasteiger partial charge in [0.05, 0.1) is 19.3 Å². The van der Waals surface area contributed by atoms with Crippen molar-refractivity contribution >= 4 is 11.6 Å². The van der Waals surface area contributed by atoms with Gasteiger partial charge in [-0.1, -0.05) is 6.07 Å². The molecule has 1 N–H and O–H groups in total. The van der Waals surface area contributed by atoms with Gasteiger partial charge >= 0.3 is 0 Å². The Labute approximate surface area is 108 Å². The van der Waals surface area contributed by atoms with Crippen molar-refractivity contribution in [3.8, 4) is 5.75 Å². The van der Waals surface area contributed by atoms with Crippen LogP contribution in [0.5, 0.6) is 5.75 Å². The number of rotatable bonds is 4. The number of benzene rings is 1. The molecule has 0 aliphatic carbocycles. The molecule has 2 rings (SSSR count).